The molecular weight excluding hydrogens is 280 g/mol. The Balaban J connectivity index is 1.62. The molecule has 1 amide bonds. The molecule has 2 aromatic heterocycles. The van der Waals surface area contributed by atoms with Gasteiger partial charge in [-0.2, -0.15) is 5.10 Å². The summed E-state index contributed by atoms with van der Waals surface area (Å²) < 4.78 is 1.52. The molecule has 22 heavy (non-hydrogen) atoms. The van der Waals surface area contributed by atoms with Crippen LogP contribution in [0.4, 0.5) is 11.5 Å². The molecule has 116 valence electrons. The third-order valence-corrected chi connectivity index (χ3v) is 3.91. The maximum atomic E-state index is 12.2. The second kappa shape index (κ2) is 6.55. The van der Waals surface area contributed by atoms with E-state index in [4.69, 9.17) is 0 Å². The number of rotatable bonds is 4. The number of nitrogens with one attached hydrogen (secondary N) is 1. The first-order valence-electron chi connectivity index (χ1n) is 7.60. The molecule has 1 N–H and O–H groups in total. The van der Waals surface area contributed by atoms with E-state index in [1.165, 1.54) is 36.6 Å². The minimum atomic E-state index is -0.413. The van der Waals surface area contributed by atoms with E-state index in [-0.39, 0.29) is 5.91 Å². The summed E-state index contributed by atoms with van der Waals surface area (Å²) in [5, 5.41) is 6.83. The van der Waals surface area contributed by atoms with Gasteiger partial charge in [0, 0.05) is 13.1 Å². The highest BCUT2D eigenvalue weighted by atomic mass is 16.2. The largest absolute Gasteiger partial charge is 0.357 e. The molecule has 3 heterocycles. The number of amides is 1. The summed E-state index contributed by atoms with van der Waals surface area (Å²) in [6.45, 7) is 3.89. The topological polar surface area (TPSA) is 75.9 Å². The number of hydrogen-bond acceptors (Lipinski definition) is 5. The fourth-order valence-corrected chi connectivity index (χ4v) is 2.55. The second-order valence-electron chi connectivity index (χ2n) is 5.49. The molecule has 1 aliphatic rings. The highest BCUT2D eigenvalue weighted by molar-refractivity contribution is 5.93. The maximum Gasteiger partial charge on any atom is 0.249 e. The SMILES string of the molecule is C[C@H](C(=O)Nc1ccc(N2CCCCC2)nc1)n1cncn1. The number of hydrogen-bond donors (Lipinski definition) is 1. The van der Waals surface area contributed by atoms with E-state index < -0.39 is 6.04 Å². The Kier molecular flexibility index (Phi) is 4.32. The van der Waals surface area contributed by atoms with Gasteiger partial charge in [0.1, 0.15) is 24.5 Å². The van der Waals surface area contributed by atoms with E-state index in [0.717, 1.165) is 18.9 Å². The van der Waals surface area contributed by atoms with Gasteiger partial charge in [0.25, 0.3) is 0 Å². The van der Waals surface area contributed by atoms with Crippen molar-refractivity contribution in [3.63, 3.8) is 0 Å². The summed E-state index contributed by atoms with van der Waals surface area (Å²) >= 11 is 0. The predicted octanol–water partition coefficient (Wildman–Crippen LogP) is 1.86. The predicted molar refractivity (Wildman–Crippen MR) is 83.7 cm³/mol. The quantitative estimate of drug-likeness (QED) is 0.932. The number of anilines is 2. The molecule has 1 aliphatic heterocycles. The Morgan fingerprint density at radius 3 is 2.73 bits per heavy atom. The smallest absolute Gasteiger partial charge is 0.249 e. The van der Waals surface area contributed by atoms with Crippen molar-refractivity contribution in [2.45, 2.75) is 32.2 Å². The highest BCUT2D eigenvalue weighted by Crippen LogP contribution is 2.19. The molecule has 1 atom stereocenters. The Hall–Kier alpha value is -2.44. The van der Waals surface area contributed by atoms with Crippen molar-refractivity contribution in [3.05, 3.63) is 31.0 Å². The van der Waals surface area contributed by atoms with Crippen LogP contribution in [0, 0.1) is 0 Å². The number of aromatic nitrogens is 4. The summed E-state index contributed by atoms with van der Waals surface area (Å²) in [5.74, 6) is 0.833. The van der Waals surface area contributed by atoms with Gasteiger partial charge in [-0.05, 0) is 38.3 Å². The van der Waals surface area contributed by atoms with Crippen molar-refractivity contribution < 1.29 is 4.79 Å². The fourth-order valence-electron chi connectivity index (χ4n) is 2.55. The standard InChI is InChI=1S/C15H20N6O/c1-12(21-11-16-10-18-21)15(22)19-13-5-6-14(17-9-13)20-7-3-2-4-8-20/h5-6,9-12H,2-4,7-8H2,1H3,(H,19,22)/t12-/m1/s1. The zero-order valence-corrected chi connectivity index (χ0v) is 12.6. The molecule has 0 unspecified atom stereocenters. The first-order valence-corrected chi connectivity index (χ1v) is 7.60. The lowest BCUT2D eigenvalue weighted by Crippen LogP contribution is -2.30. The van der Waals surface area contributed by atoms with Gasteiger partial charge in [-0.25, -0.2) is 14.6 Å². The normalized spacial score (nSPS) is 16.3. The fraction of sp³-hybridized carbons (Fsp3) is 0.467. The summed E-state index contributed by atoms with van der Waals surface area (Å²) in [6.07, 6.45) is 8.38. The van der Waals surface area contributed by atoms with Gasteiger partial charge in [-0.3, -0.25) is 4.79 Å². The number of pyridine rings is 1. The Bertz CT molecular complexity index is 603. The summed E-state index contributed by atoms with van der Waals surface area (Å²) in [7, 11) is 0. The lowest BCUT2D eigenvalue weighted by molar-refractivity contribution is -0.119. The van der Waals surface area contributed by atoms with Gasteiger partial charge in [-0.15, -0.1) is 0 Å². The van der Waals surface area contributed by atoms with Crippen molar-refractivity contribution in [1.82, 2.24) is 19.7 Å². The van der Waals surface area contributed by atoms with Crippen LogP contribution in [0.25, 0.3) is 0 Å². The van der Waals surface area contributed by atoms with Crippen LogP contribution in [0.3, 0.4) is 0 Å². The summed E-state index contributed by atoms with van der Waals surface area (Å²) in [5.41, 5.74) is 0.692. The van der Waals surface area contributed by atoms with E-state index in [9.17, 15) is 4.79 Å². The Labute approximate surface area is 129 Å². The third kappa shape index (κ3) is 3.24. The Morgan fingerprint density at radius 1 is 1.27 bits per heavy atom. The third-order valence-electron chi connectivity index (χ3n) is 3.91. The summed E-state index contributed by atoms with van der Waals surface area (Å²) in [6, 6.07) is 3.44. The van der Waals surface area contributed by atoms with Gasteiger partial charge < -0.3 is 10.2 Å². The first-order chi connectivity index (χ1) is 10.7. The average molecular weight is 300 g/mol. The lowest BCUT2D eigenvalue weighted by Gasteiger charge is -2.27. The maximum absolute atomic E-state index is 12.2. The Morgan fingerprint density at radius 2 is 2.09 bits per heavy atom. The first kappa shape index (κ1) is 14.5. The van der Waals surface area contributed by atoms with Gasteiger partial charge in [0.05, 0.1) is 11.9 Å². The van der Waals surface area contributed by atoms with Gasteiger partial charge in [0.15, 0.2) is 0 Å². The van der Waals surface area contributed by atoms with Crippen LogP contribution in [-0.2, 0) is 4.79 Å². The molecule has 0 aromatic carbocycles. The molecule has 2 aromatic rings. The van der Waals surface area contributed by atoms with Crippen molar-refractivity contribution in [1.29, 1.82) is 0 Å². The number of carbonyl (C=O) groups excluding carboxylic acids is 1. The van der Waals surface area contributed by atoms with Crippen LogP contribution in [0.15, 0.2) is 31.0 Å². The zero-order chi connectivity index (χ0) is 15.4. The van der Waals surface area contributed by atoms with Gasteiger partial charge in [-0.1, -0.05) is 0 Å². The molecule has 0 bridgehead atoms. The molecule has 7 heteroatoms. The van der Waals surface area contributed by atoms with Crippen LogP contribution in [-0.4, -0.2) is 38.7 Å². The van der Waals surface area contributed by atoms with Crippen molar-refractivity contribution in [3.8, 4) is 0 Å². The highest BCUT2D eigenvalue weighted by Gasteiger charge is 2.16. The zero-order valence-electron chi connectivity index (χ0n) is 12.6. The van der Waals surface area contributed by atoms with E-state index >= 15 is 0 Å². The molecular formula is C15H20N6O. The van der Waals surface area contributed by atoms with E-state index in [1.807, 2.05) is 12.1 Å². The molecule has 3 rings (SSSR count). The van der Waals surface area contributed by atoms with E-state index in [0.29, 0.717) is 5.69 Å². The molecule has 1 saturated heterocycles. The van der Waals surface area contributed by atoms with E-state index in [2.05, 4.69) is 25.3 Å². The molecule has 7 nitrogen and oxygen atoms in total. The van der Waals surface area contributed by atoms with E-state index in [1.54, 1.807) is 13.1 Å². The molecule has 0 radical (unpaired) electrons. The summed E-state index contributed by atoms with van der Waals surface area (Å²) in [4.78, 5) is 22.7. The molecule has 0 aliphatic carbocycles. The number of piperidine rings is 1. The lowest BCUT2D eigenvalue weighted by atomic mass is 10.1. The van der Waals surface area contributed by atoms with Gasteiger partial charge >= 0.3 is 0 Å². The average Bonchev–Trinajstić information content (AvgIpc) is 3.10. The van der Waals surface area contributed by atoms with Crippen LogP contribution >= 0.6 is 0 Å². The minimum Gasteiger partial charge on any atom is -0.357 e. The molecule has 1 fully saturated rings. The second-order valence-corrected chi connectivity index (χ2v) is 5.49. The van der Waals surface area contributed by atoms with Crippen molar-refractivity contribution in [2.75, 3.05) is 23.3 Å². The van der Waals surface area contributed by atoms with Crippen molar-refractivity contribution >= 4 is 17.4 Å². The minimum absolute atomic E-state index is 0.141. The number of nitrogens with zero attached hydrogens (tertiary/aromatic N) is 5. The van der Waals surface area contributed by atoms with Crippen LogP contribution in [0.5, 0.6) is 0 Å². The molecule has 0 spiro atoms. The van der Waals surface area contributed by atoms with Crippen LogP contribution < -0.4 is 10.2 Å². The monoisotopic (exact) mass is 300 g/mol. The van der Waals surface area contributed by atoms with Gasteiger partial charge in [0.2, 0.25) is 5.91 Å². The van der Waals surface area contributed by atoms with Crippen LogP contribution in [0.2, 0.25) is 0 Å². The molecule has 0 saturated carbocycles. The van der Waals surface area contributed by atoms with Crippen molar-refractivity contribution in [2.24, 2.45) is 0 Å². The number of carbonyl (C=O) groups is 1. The van der Waals surface area contributed by atoms with Crippen LogP contribution in [0.1, 0.15) is 32.2 Å².